The molecule has 0 spiro atoms. The Morgan fingerprint density at radius 3 is 2.57 bits per heavy atom. The lowest BCUT2D eigenvalue weighted by molar-refractivity contribution is 0.272. The van der Waals surface area contributed by atoms with Crippen molar-refractivity contribution in [2.75, 3.05) is 13.6 Å². The maximum atomic E-state index is 12.5. The van der Waals surface area contributed by atoms with E-state index in [0.29, 0.717) is 18.7 Å². The third kappa shape index (κ3) is 3.49. The van der Waals surface area contributed by atoms with E-state index >= 15 is 0 Å². The summed E-state index contributed by atoms with van der Waals surface area (Å²) in [6, 6.07) is 5.23. The molecule has 2 aromatic rings. The summed E-state index contributed by atoms with van der Waals surface area (Å²) in [6.45, 7) is 0.197. The Bertz CT molecular complexity index is 696. The van der Waals surface area contributed by atoms with Crippen LogP contribution in [0.1, 0.15) is 11.3 Å². The minimum absolute atomic E-state index is 0.188. The van der Waals surface area contributed by atoms with Gasteiger partial charge in [-0.2, -0.15) is 0 Å². The van der Waals surface area contributed by atoms with Gasteiger partial charge in [-0.1, -0.05) is 0 Å². The lowest BCUT2D eigenvalue weighted by atomic mass is 10.2. The quantitative estimate of drug-likeness (QED) is 0.855. The predicted octanol–water partition coefficient (Wildman–Crippen LogP) is 0.776. The smallest absolute Gasteiger partial charge is 0.244 e. The molecule has 0 saturated heterocycles. The second-order valence-electron chi connectivity index (χ2n) is 4.87. The fourth-order valence-electron chi connectivity index (χ4n) is 2.01. The van der Waals surface area contributed by atoms with Crippen molar-refractivity contribution in [3.8, 4) is 0 Å². The molecule has 0 bridgehead atoms. The molecule has 0 atom stereocenters. The second-order valence-corrected chi connectivity index (χ2v) is 6.91. The highest BCUT2D eigenvalue weighted by Crippen LogP contribution is 2.18. The first kappa shape index (κ1) is 15.7. The molecule has 2 heterocycles. The lowest BCUT2D eigenvalue weighted by Crippen LogP contribution is -2.28. The summed E-state index contributed by atoms with van der Waals surface area (Å²) in [5.74, 6) is 0. The number of aliphatic hydroxyl groups is 1. The van der Waals surface area contributed by atoms with E-state index in [4.69, 9.17) is 5.11 Å². The minimum atomic E-state index is -3.54. The van der Waals surface area contributed by atoms with E-state index in [-0.39, 0.29) is 11.5 Å². The number of hydrogen-bond acceptors (Lipinski definition) is 4. The van der Waals surface area contributed by atoms with Gasteiger partial charge in [-0.3, -0.25) is 4.98 Å². The first-order valence-electron chi connectivity index (χ1n) is 6.56. The first-order valence-corrected chi connectivity index (χ1v) is 8.00. The third-order valence-corrected chi connectivity index (χ3v) is 5.24. The Morgan fingerprint density at radius 1 is 1.33 bits per heavy atom. The van der Waals surface area contributed by atoms with Crippen molar-refractivity contribution in [3.05, 3.63) is 48.0 Å². The van der Waals surface area contributed by atoms with Crippen LogP contribution in [0.4, 0.5) is 0 Å². The largest absolute Gasteiger partial charge is 0.390 e. The van der Waals surface area contributed by atoms with Crippen LogP contribution in [0.5, 0.6) is 0 Å². The molecule has 0 saturated carbocycles. The van der Waals surface area contributed by atoms with Crippen LogP contribution in [-0.2, 0) is 30.1 Å². The van der Waals surface area contributed by atoms with Gasteiger partial charge in [0.1, 0.15) is 4.90 Å². The Labute approximate surface area is 124 Å². The van der Waals surface area contributed by atoms with E-state index in [0.717, 1.165) is 5.56 Å². The summed E-state index contributed by atoms with van der Waals surface area (Å²) in [5, 5.41) is 9.15. The molecule has 2 rings (SSSR count). The van der Waals surface area contributed by atoms with Crippen molar-refractivity contribution in [3.63, 3.8) is 0 Å². The van der Waals surface area contributed by atoms with E-state index in [2.05, 4.69) is 4.98 Å². The zero-order chi connectivity index (χ0) is 15.5. The molecule has 0 aliphatic carbocycles. The molecule has 0 fully saturated rings. The van der Waals surface area contributed by atoms with E-state index < -0.39 is 10.0 Å². The van der Waals surface area contributed by atoms with Crippen LogP contribution in [0.2, 0.25) is 0 Å². The zero-order valence-electron chi connectivity index (χ0n) is 12.1. The molecule has 0 aliphatic rings. The first-order chi connectivity index (χ1) is 9.95. The number of hydrogen-bond donors (Lipinski definition) is 1. The average molecular weight is 309 g/mol. The fraction of sp³-hybridized carbons (Fsp3) is 0.357. The van der Waals surface area contributed by atoms with E-state index in [1.807, 2.05) is 12.1 Å². The Morgan fingerprint density at radius 2 is 2.00 bits per heavy atom. The van der Waals surface area contributed by atoms with Crippen LogP contribution >= 0.6 is 0 Å². The van der Waals surface area contributed by atoms with Gasteiger partial charge in [0.25, 0.3) is 0 Å². The molecule has 0 aromatic carbocycles. The molecule has 6 nitrogen and oxygen atoms in total. The normalized spacial score (nSPS) is 12.0. The molecular weight excluding hydrogens is 290 g/mol. The molecule has 0 radical (unpaired) electrons. The van der Waals surface area contributed by atoms with Gasteiger partial charge in [0.05, 0.1) is 6.61 Å². The number of aryl methyl sites for hydroxylation is 1. The van der Waals surface area contributed by atoms with Crippen LogP contribution < -0.4 is 0 Å². The Kier molecular flexibility index (Phi) is 4.76. The second kappa shape index (κ2) is 6.38. The zero-order valence-corrected chi connectivity index (χ0v) is 12.9. The molecule has 0 amide bonds. The van der Waals surface area contributed by atoms with Gasteiger partial charge in [0.2, 0.25) is 10.0 Å². The number of aromatic nitrogens is 2. The van der Waals surface area contributed by atoms with Crippen molar-refractivity contribution in [1.82, 2.24) is 13.9 Å². The van der Waals surface area contributed by atoms with Crippen LogP contribution in [0.3, 0.4) is 0 Å². The molecule has 2 aromatic heterocycles. The van der Waals surface area contributed by atoms with E-state index in [1.54, 1.807) is 31.1 Å². The number of pyridine rings is 1. The van der Waals surface area contributed by atoms with E-state index in [9.17, 15) is 8.42 Å². The molecule has 0 aliphatic heterocycles. The summed E-state index contributed by atoms with van der Waals surface area (Å²) in [6.07, 6.45) is 5.52. The van der Waals surface area contributed by atoms with Gasteiger partial charge in [-0.25, -0.2) is 12.7 Å². The standard InChI is InChI=1S/C14H19N3O3S/c1-16-10-14(9-13(16)11-18)21(19,20)17(2)8-5-12-3-6-15-7-4-12/h3-4,6-7,9-10,18H,5,8,11H2,1-2H3. The SMILES string of the molecule is CN(CCc1ccncc1)S(=O)(=O)c1cc(CO)n(C)c1. The highest BCUT2D eigenvalue weighted by Gasteiger charge is 2.22. The number of sulfonamides is 1. The predicted molar refractivity (Wildman–Crippen MR) is 79.1 cm³/mol. The molecular formula is C14H19N3O3S. The summed E-state index contributed by atoms with van der Waals surface area (Å²) in [4.78, 5) is 4.13. The van der Waals surface area contributed by atoms with Crippen LogP contribution in [-0.4, -0.2) is 41.0 Å². The number of rotatable bonds is 6. The lowest BCUT2D eigenvalue weighted by Gasteiger charge is -2.16. The van der Waals surface area contributed by atoms with Gasteiger partial charge < -0.3 is 9.67 Å². The Hall–Kier alpha value is -1.70. The third-order valence-electron chi connectivity index (χ3n) is 3.42. The Balaban J connectivity index is 2.11. The topological polar surface area (TPSA) is 75.4 Å². The monoisotopic (exact) mass is 309 g/mol. The van der Waals surface area contributed by atoms with Crippen molar-refractivity contribution in [2.45, 2.75) is 17.9 Å². The van der Waals surface area contributed by atoms with Crippen LogP contribution in [0, 0.1) is 0 Å². The summed E-state index contributed by atoms with van der Waals surface area (Å²) >= 11 is 0. The minimum Gasteiger partial charge on any atom is -0.390 e. The number of nitrogens with zero attached hydrogens (tertiary/aromatic N) is 3. The average Bonchev–Trinajstić information content (AvgIpc) is 2.87. The summed E-state index contributed by atoms with van der Waals surface area (Å²) < 4.78 is 27.8. The number of likely N-dealkylation sites (N-methyl/N-ethyl adjacent to an activating group) is 1. The van der Waals surface area contributed by atoms with Crippen molar-refractivity contribution >= 4 is 10.0 Å². The van der Waals surface area contributed by atoms with Crippen LogP contribution in [0.15, 0.2) is 41.7 Å². The van der Waals surface area contributed by atoms with Crippen molar-refractivity contribution in [2.24, 2.45) is 7.05 Å². The number of aliphatic hydroxyl groups excluding tert-OH is 1. The van der Waals surface area contributed by atoms with Gasteiger partial charge in [0, 0.05) is 44.9 Å². The van der Waals surface area contributed by atoms with Crippen LogP contribution in [0.25, 0.3) is 0 Å². The fourth-order valence-corrected chi connectivity index (χ4v) is 3.28. The maximum Gasteiger partial charge on any atom is 0.244 e. The van der Waals surface area contributed by atoms with Gasteiger partial charge in [0.15, 0.2) is 0 Å². The van der Waals surface area contributed by atoms with Gasteiger partial charge in [-0.15, -0.1) is 0 Å². The summed E-state index contributed by atoms with van der Waals surface area (Å²) in [7, 11) is -0.268. The maximum absolute atomic E-state index is 12.5. The molecule has 21 heavy (non-hydrogen) atoms. The van der Waals surface area contributed by atoms with Gasteiger partial charge in [-0.05, 0) is 30.2 Å². The molecule has 114 valence electrons. The highest BCUT2D eigenvalue weighted by molar-refractivity contribution is 7.89. The van der Waals surface area contributed by atoms with Crippen molar-refractivity contribution < 1.29 is 13.5 Å². The highest BCUT2D eigenvalue weighted by atomic mass is 32.2. The van der Waals surface area contributed by atoms with E-state index in [1.165, 1.54) is 16.6 Å². The molecule has 0 unspecified atom stereocenters. The van der Waals surface area contributed by atoms with Crippen molar-refractivity contribution in [1.29, 1.82) is 0 Å². The van der Waals surface area contributed by atoms with Gasteiger partial charge >= 0.3 is 0 Å². The molecule has 7 heteroatoms. The molecule has 1 N–H and O–H groups in total. The summed E-state index contributed by atoms with van der Waals surface area (Å²) in [5.41, 5.74) is 1.60.